The van der Waals surface area contributed by atoms with Gasteiger partial charge in [0.25, 0.3) is 5.69 Å². The molecular weight excluding hydrogens is 320 g/mol. The van der Waals surface area contributed by atoms with E-state index in [2.05, 4.69) is 4.98 Å². The van der Waals surface area contributed by atoms with Crippen molar-refractivity contribution >= 4 is 29.0 Å². The Balaban J connectivity index is 2.29. The SMILES string of the molecule is NC(=O)CCN(Cc1ccccc1)c1ncc([N+](=O)[O-])cc1Cl. The summed E-state index contributed by atoms with van der Waals surface area (Å²) < 4.78 is 0. The molecule has 2 rings (SSSR count). The minimum Gasteiger partial charge on any atom is -0.370 e. The summed E-state index contributed by atoms with van der Waals surface area (Å²) in [5, 5.41) is 10.9. The van der Waals surface area contributed by atoms with E-state index in [9.17, 15) is 14.9 Å². The van der Waals surface area contributed by atoms with Gasteiger partial charge in [-0.15, -0.1) is 0 Å². The van der Waals surface area contributed by atoms with Crippen molar-refractivity contribution in [2.75, 3.05) is 11.4 Å². The minimum absolute atomic E-state index is 0.127. The fraction of sp³-hybridized carbons (Fsp3) is 0.200. The van der Waals surface area contributed by atoms with E-state index < -0.39 is 10.8 Å². The molecule has 0 aliphatic carbocycles. The Kier molecular flexibility index (Phi) is 5.48. The smallest absolute Gasteiger partial charge is 0.289 e. The van der Waals surface area contributed by atoms with Gasteiger partial charge in [0, 0.05) is 25.6 Å². The molecule has 1 aromatic carbocycles. The number of aromatic nitrogens is 1. The summed E-state index contributed by atoms with van der Waals surface area (Å²) in [4.78, 5) is 27.1. The molecule has 1 aromatic heterocycles. The largest absolute Gasteiger partial charge is 0.370 e. The predicted molar refractivity (Wildman–Crippen MR) is 87.2 cm³/mol. The highest BCUT2D eigenvalue weighted by molar-refractivity contribution is 6.33. The second kappa shape index (κ2) is 7.55. The maximum absolute atomic E-state index is 11.1. The molecule has 0 aliphatic heterocycles. The van der Waals surface area contributed by atoms with Crippen molar-refractivity contribution < 1.29 is 9.72 Å². The van der Waals surface area contributed by atoms with Crippen LogP contribution in [0, 0.1) is 10.1 Å². The van der Waals surface area contributed by atoms with E-state index in [0.717, 1.165) is 11.8 Å². The first kappa shape index (κ1) is 16.7. The van der Waals surface area contributed by atoms with Gasteiger partial charge in [-0.1, -0.05) is 41.9 Å². The number of pyridine rings is 1. The van der Waals surface area contributed by atoms with Gasteiger partial charge in [-0.05, 0) is 5.56 Å². The molecule has 0 saturated heterocycles. The first-order valence-electron chi connectivity index (χ1n) is 6.84. The molecule has 1 amide bonds. The zero-order valence-electron chi connectivity index (χ0n) is 12.2. The number of amides is 1. The van der Waals surface area contributed by atoms with Gasteiger partial charge in [0.1, 0.15) is 12.0 Å². The van der Waals surface area contributed by atoms with Gasteiger partial charge >= 0.3 is 0 Å². The van der Waals surface area contributed by atoms with E-state index in [0.29, 0.717) is 18.9 Å². The predicted octanol–water partition coefficient (Wildman–Crippen LogP) is 2.53. The summed E-state index contributed by atoms with van der Waals surface area (Å²) in [6, 6.07) is 10.8. The number of nitrogens with two attached hydrogens (primary N) is 1. The van der Waals surface area contributed by atoms with Gasteiger partial charge < -0.3 is 10.6 Å². The summed E-state index contributed by atoms with van der Waals surface area (Å²) in [6.45, 7) is 0.771. The summed E-state index contributed by atoms with van der Waals surface area (Å²) in [5.74, 6) is -0.0662. The van der Waals surface area contributed by atoms with E-state index in [1.54, 1.807) is 4.90 Å². The highest BCUT2D eigenvalue weighted by Crippen LogP contribution is 2.28. The highest BCUT2D eigenvalue weighted by Gasteiger charge is 2.17. The van der Waals surface area contributed by atoms with Crippen LogP contribution in [0.3, 0.4) is 0 Å². The van der Waals surface area contributed by atoms with Gasteiger partial charge in [-0.2, -0.15) is 0 Å². The molecule has 0 fully saturated rings. The molecule has 2 N–H and O–H groups in total. The molecule has 1 heterocycles. The van der Waals surface area contributed by atoms with Crippen LogP contribution in [-0.2, 0) is 11.3 Å². The first-order chi connectivity index (χ1) is 11.0. The van der Waals surface area contributed by atoms with Crippen molar-refractivity contribution in [1.82, 2.24) is 4.98 Å². The Morgan fingerprint density at radius 2 is 2.04 bits per heavy atom. The van der Waals surface area contributed by atoms with Crippen molar-refractivity contribution in [2.45, 2.75) is 13.0 Å². The minimum atomic E-state index is -0.562. The zero-order chi connectivity index (χ0) is 16.8. The average Bonchev–Trinajstić information content (AvgIpc) is 2.52. The second-order valence-corrected chi connectivity index (χ2v) is 5.29. The van der Waals surface area contributed by atoms with Gasteiger partial charge in [-0.3, -0.25) is 14.9 Å². The molecular formula is C15H15ClN4O3. The lowest BCUT2D eigenvalue weighted by molar-refractivity contribution is -0.385. The lowest BCUT2D eigenvalue weighted by Crippen LogP contribution is -2.28. The lowest BCUT2D eigenvalue weighted by atomic mass is 10.2. The summed E-state index contributed by atoms with van der Waals surface area (Å²) in [6.07, 6.45) is 1.27. The Morgan fingerprint density at radius 3 is 2.61 bits per heavy atom. The summed E-state index contributed by atoms with van der Waals surface area (Å²) in [7, 11) is 0. The Labute approximate surface area is 137 Å². The van der Waals surface area contributed by atoms with Crippen molar-refractivity contribution in [3.63, 3.8) is 0 Å². The van der Waals surface area contributed by atoms with Gasteiger partial charge in [-0.25, -0.2) is 4.98 Å². The van der Waals surface area contributed by atoms with E-state index in [1.807, 2.05) is 30.3 Å². The first-order valence-corrected chi connectivity index (χ1v) is 7.22. The summed E-state index contributed by atoms with van der Waals surface area (Å²) in [5.41, 5.74) is 6.01. The van der Waals surface area contributed by atoms with Crippen LogP contribution in [0.4, 0.5) is 11.5 Å². The third-order valence-electron chi connectivity index (χ3n) is 3.16. The number of nitro groups is 1. The van der Waals surface area contributed by atoms with Crippen molar-refractivity contribution in [2.24, 2.45) is 5.73 Å². The number of rotatable bonds is 7. The fourth-order valence-corrected chi connectivity index (χ4v) is 2.34. The third kappa shape index (κ3) is 4.65. The maximum atomic E-state index is 11.1. The monoisotopic (exact) mass is 334 g/mol. The Hall–Kier alpha value is -2.67. The van der Waals surface area contributed by atoms with E-state index in [1.165, 1.54) is 6.07 Å². The van der Waals surface area contributed by atoms with Crippen molar-refractivity contribution in [1.29, 1.82) is 0 Å². The van der Waals surface area contributed by atoms with Crippen LogP contribution in [0.5, 0.6) is 0 Å². The molecule has 0 atom stereocenters. The number of benzene rings is 1. The topological polar surface area (TPSA) is 102 Å². The zero-order valence-corrected chi connectivity index (χ0v) is 12.9. The molecule has 0 radical (unpaired) electrons. The number of primary amides is 1. The van der Waals surface area contributed by atoms with Gasteiger partial charge in [0.05, 0.1) is 9.95 Å². The second-order valence-electron chi connectivity index (χ2n) is 4.88. The highest BCUT2D eigenvalue weighted by atomic mass is 35.5. The third-order valence-corrected chi connectivity index (χ3v) is 3.44. The van der Waals surface area contributed by atoms with E-state index in [-0.39, 0.29) is 17.1 Å². The van der Waals surface area contributed by atoms with Crippen molar-refractivity contribution in [3.8, 4) is 0 Å². The molecule has 0 aliphatic rings. The molecule has 0 bridgehead atoms. The molecule has 23 heavy (non-hydrogen) atoms. The van der Waals surface area contributed by atoms with Crippen molar-refractivity contribution in [3.05, 3.63) is 63.3 Å². The van der Waals surface area contributed by atoms with Crippen LogP contribution in [0.1, 0.15) is 12.0 Å². The summed E-state index contributed by atoms with van der Waals surface area (Å²) >= 11 is 6.12. The molecule has 0 saturated carbocycles. The standard InChI is InChI=1S/C15H15ClN4O3/c16-13-8-12(20(22)23)9-18-15(13)19(7-6-14(17)21)10-11-4-2-1-3-5-11/h1-5,8-9H,6-7,10H2,(H2,17,21). The van der Waals surface area contributed by atoms with Gasteiger partial charge in [0.2, 0.25) is 5.91 Å². The molecule has 0 unspecified atom stereocenters. The normalized spacial score (nSPS) is 10.3. The van der Waals surface area contributed by atoms with E-state index in [4.69, 9.17) is 17.3 Å². The number of hydrogen-bond acceptors (Lipinski definition) is 5. The van der Waals surface area contributed by atoms with Crippen LogP contribution in [-0.4, -0.2) is 22.4 Å². The number of nitrogens with zero attached hydrogens (tertiary/aromatic N) is 3. The van der Waals surface area contributed by atoms with E-state index >= 15 is 0 Å². The Bertz CT molecular complexity index is 709. The van der Waals surface area contributed by atoms with Crippen LogP contribution >= 0.6 is 11.6 Å². The number of hydrogen-bond donors (Lipinski definition) is 1. The average molecular weight is 335 g/mol. The number of carbonyl (C=O) groups is 1. The molecule has 8 heteroatoms. The van der Waals surface area contributed by atoms with Gasteiger partial charge in [0.15, 0.2) is 0 Å². The van der Waals surface area contributed by atoms with Crippen LogP contribution < -0.4 is 10.6 Å². The van der Waals surface area contributed by atoms with Crippen LogP contribution in [0.2, 0.25) is 5.02 Å². The maximum Gasteiger partial charge on any atom is 0.289 e. The van der Waals surface area contributed by atoms with Crippen LogP contribution in [0.25, 0.3) is 0 Å². The molecule has 7 nitrogen and oxygen atoms in total. The molecule has 0 spiro atoms. The number of carbonyl (C=O) groups excluding carboxylic acids is 1. The number of anilines is 1. The number of halogens is 1. The quantitative estimate of drug-likeness (QED) is 0.619. The molecule has 2 aromatic rings. The lowest BCUT2D eigenvalue weighted by Gasteiger charge is -2.24. The Morgan fingerprint density at radius 1 is 1.35 bits per heavy atom. The fourth-order valence-electron chi connectivity index (χ4n) is 2.06. The molecule has 120 valence electrons. The van der Waals surface area contributed by atoms with Crippen LogP contribution in [0.15, 0.2) is 42.6 Å².